The van der Waals surface area contributed by atoms with Crippen LogP contribution in [0.3, 0.4) is 0 Å². The number of aromatic nitrogens is 1. The molecular weight excluding hydrogens is 673 g/mol. The molecule has 1 aliphatic rings. The highest BCUT2D eigenvalue weighted by molar-refractivity contribution is 7.25. The van der Waals surface area contributed by atoms with E-state index in [-0.39, 0.29) is 5.41 Å². The summed E-state index contributed by atoms with van der Waals surface area (Å²) < 4.78 is 5.12. The zero-order valence-corrected chi connectivity index (χ0v) is 30.9. The quantitative estimate of drug-likeness (QED) is 0.177. The van der Waals surface area contributed by atoms with E-state index in [4.69, 9.17) is 0 Å². The van der Waals surface area contributed by atoms with E-state index in [1.165, 1.54) is 86.7 Å². The number of fused-ring (bicyclic) bond motifs is 8. The molecule has 0 fully saturated rings. The maximum Gasteiger partial charge on any atom is 0.0561 e. The van der Waals surface area contributed by atoms with Crippen LogP contribution < -0.4 is 4.90 Å². The first-order valence-electron chi connectivity index (χ1n) is 18.7. The van der Waals surface area contributed by atoms with Crippen LogP contribution >= 0.6 is 11.3 Å². The van der Waals surface area contributed by atoms with Gasteiger partial charge >= 0.3 is 0 Å². The van der Waals surface area contributed by atoms with Crippen LogP contribution in [0.2, 0.25) is 0 Å². The van der Waals surface area contributed by atoms with Crippen molar-refractivity contribution in [2.45, 2.75) is 19.3 Å². The van der Waals surface area contributed by atoms with Crippen molar-refractivity contribution in [3.8, 4) is 27.9 Å². The summed E-state index contributed by atoms with van der Waals surface area (Å²) in [4.78, 5) is 2.51. The summed E-state index contributed by atoms with van der Waals surface area (Å²) in [7, 11) is 0. The van der Waals surface area contributed by atoms with Gasteiger partial charge in [-0.25, -0.2) is 0 Å². The maximum atomic E-state index is 2.51. The van der Waals surface area contributed by atoms with Crippen LogP contribution in [0.15, 0.2) is 182 Å². The zero-order chi connectivity index (χ0) is 36.0. The molecule has 2 aromatic heterocycles. The zero-order valence-electron chi connectivity index (χ0n) is 30.1. The monoisotopic (exact) mass is 708 g/mol. The Kier molecular flexibility index (Phi) is 6.80. The molecular formula is C51H36N2S. The Morgan fingerprint density at radius 3 is 1.63 bits per heavy atom. The molecule has 0 radical (unpaired) electrons. The molecule has 8 aromatic carbocycles. The Bertz CT molecular complexity index is 3000. The molecule has 3 heteroatoms. The van der Waals surface area contributed by atoms with Gasteiger partial charge in [0.05, 0.1) is 33.8 Å². The molecule has 10 aromatic rings. The fourth-order valence-corrected chi connectivity index (χ4v) is 10.2. The minimum absolute atomic E-state index is 0.154. The van der Waals surface area contributed by atoms with Gasteiger partial charge in [-0.15, -0.1) is 11.3 Å². The molecule has 0 amide bonds. The molecule has 0 bridgehead atoms. The largest absolute Gasteiger partial charge is 0.309 e. The van der Waals surface area contributed by atoms with Gasteiger partial charge in [-0.2, -0.15) is 0 Å². The lowest BCUT2D eigenvalue weighted by atomic mass is 9.73. The molecule has 0 N–H and O–H groups in total. The van der Waals surface area contributed by atoms with Gasteiger partial charge in [0.15, 0.2) is 0 Å². The molecule has 2 nitrogen and oxygen atoms in total. The number of rotatable bonds is 4. The van der Waals surface area contributed by atoms with Crippen molar-refractivity contribution in [3.63, 3.8) is 0 Å². The van der Waals surface area contributed by atoms with Crippen molar-refractivity contribution in [2.75, 3.05) is 4.90 Å². The van der Waals surface area contributed by atoms with Crippen LogP contribution in [0, 0.1) is 0 Å². The van der Waals surface area contributed by atoms with Gasteiger partial charge in [0.1, 0.15) is 0 Å². The van der Waals surface area contributed by atoms with Gasteiger partial charge in [0.25, 0.3) is 0 Å². The summed E-state index contributed by atoms with van der Waals surface area (Å²) in [5.74, 6) is 0. The molecule has 1 aliphatic heterocycles. The summed E-state index contributed by atoms with van der Waals surface area (Å²) in [6, 6.07) is 67.3. The van der Waals surface area contributed by atoms with E-state index in [0.717, 1.165) is 11.4 Å². The van der Waals surface area contributed by atoms with E-state index in [0.29, 0.717) is 0 Å². The van der Waals surface area contributed by atoms with Gasteiger partial charge in [-0.3, -0.25) is 0 Å². The molecule has 0 spiro atoms. The first-order valence-corrected chi connectivity index (χ1v) is 19.5. The summed E-state index contributed by atoms with van der Waals surface area (Å²) in [5.41, 5.74) is 14.4. The highest BCUT2D eigenvalue weighted by Crippen LogP contribution is 2.54. The lowest BCUT2D eigenvalue weighted by molar-refractivity contribution is 0.632. The van der Waals surface area contributed by atoms with Crippen molar-refractivity contribution >= 4 is 70.4 Å². The van der Waals surface area contributed by atoms with E-state index < -0.39 is 0 Å². The van der Waals surface area contributed by atoms with Crippen LogP contribution in [-0.2, 0) is 5.41 Å². The van der Waals surface area contributed by atoms with E-state index in [9.17, 15) is 0 Å². The molecule has 11 rings (SSSR count). The topological polar surface area (TPSA) is 8.17 Å². The highest BCUT2D eigenvalue weighted by atomic mass is 32.1. The van der Waals surface area contributed by atoms with E-state index in [1.807, 2.05) is 11.3 Å². The summed E-state index contributed by atoms with van der Waals surface area (Å²) >= 11 is 1.87. The lowest BCUT2D eigenvalue weighted by Crippen LogP contribution is -2.30. The molecule has 54 heavy (non-hydrogen) atoms. The smallest absolute Gasteiger partial charge is 0.0561 e. The molecule has 0 saturated carbocycles. The Morgan fingerprint density at radius 2 is 0.907 bits per heavy atom. The van der Waals surface area contributed by atoms with Crippen LogP contribution in [0.1, 0.15) is 25.0 Å². The lowest BCUT2D eigenvalue weighted by Gasteiger charge is -2.42. The number of anilines is 3. The fraction of sp³-hybridized carbons (Fsp3) is 0.0588. The van der Waals surface area contributed by atoms with Crippen LogP contribution in [0.4, 0.5) is 17.1 Å². The number of benzene rings is 8. The van der Waals surface area contributed by atoms with Gasteiger partial charge in [-0.05, 0) is 88.5 Å². The third-order valence-corrected chi connectivity index (χ3v) is 12.7. The van der Waals surface area contributed by atoms with Crippen LogP contribution in [-0.4, -0.2) is 4.57 Å². The minimum atomic E-state index is -0.154. The number of nitrogens with zero attached hydrogens (tertiary/aromatic N) is 2. The fourth-order valence-electron chi connectivity index (χ4n) is 9.07. The molecule has 0 atom stereocenters. The normalized spacial score (nSPS) is 13.5. The Hall–Kier alpha value is -6.42. The highest BCUT2D eigenvalue weighted by Gasteiger charge is 2.37. The standard InChI is InChI=1S/C51H36N2S/c1-51(2)40-20-6-10-24-44(40)53(45-25-11-7-21-41(45)51)47-27-14-26-46(52-42-22-8-3-17-36(42)37-18-4-9-23-43(37)52)50(47)35-16-13-15-33(31-35)34-29-30-49-39(32-34)38-19-5-12-28-48(38)54-49/h3-32H,1-2H3. The summed E-state index contributed by atoms with van der Waals surface area (Å²) in [5, 5.41) is 5.14. The van der Waals surface area contributed by atoms with Crippen LogP contribution in [0.5, 0.6) is 0 Å². The second-order valence-corrected chi connectivity index (χ2v) is 16.0. The second kappa shape index (κ2) is 11.8. The summed E-state index contributed by atoms with van der Waals surface area (Å²) in [6.07, 6.45) is 0. The predicted molar refractivity (Wildman–Crippen MR) is 231 cm³/mol. The number of para-hydroxylation sites is 4. The third kappa shape index (κ3) is 4.52. The van der Waals surface area contributed by atoms with Gasteiger partial charge < -0.3 is 9.47 Å². The van der Waals surface area contributed by atoms with Gasteiger partial charge in [-0.1, -0.05) is 135 Å². The molecule has 256 valence electrons. The van der Waals surface area contributed by atoms with Gasteiger partial charge in [0, 0.05) is 41.9 Å². The van der Waals surface area contributed by atoms with Crippen molar-refractivity contribution in [3.05, 3.63) is 193 Å². The maximum absolute atomic E-state index is 2.51. The van der Waals surface area contributed by atoms with E-state index >= 15 is 0 Å². The number of hydrogen-bond donors (Lipinski definition) is 0. The first kappa shape index (κ1) is 31.1. The van der Waals surface area contributed by atoms with E-state index in [1.54, 1.807) is 0 Å². The predicted octanol–water partition coefficient (Wildman–Crippen LogP) is 14.6. The Morgan fingerprint density at radius 1 is 0.389 bits per heavy atom. The molecule has 0 aliphatic carbocycles. The van der Waals surface area contributed by atoms with Crippen molar-refractivity contribution in [1.29, 1.82) is 0 Å². The van der Waals surface area contributed by atoms with Gasteiger partial charge in [0.2, 0.25) is 0 Å². The Labute approximate surface area is 318 Å². The number of hydrogen-bond acceptors (Lipinski definition) is 2. The number of thiophene rings is 1. The Balaban J connectivity index is 1.22. The molecule has 0 unspecified atom stereocenters. The average molecular weight is 709 g/mol. The van der Waals surface area contributed by atoms with Crippen molar-refractivity contribution < 1.29 is 0 Å². The summed E-state index contributed by atoms with van der Waals surface area (Å²) in [6.45, 7) is 4.71. The molecule has 3 heterocycles. The van der Waals surface area contributed by atoms with Crippen molar-refractivity contribution in [2.24, 2.45) is 0 Å². The van der Waals surface area contributed by atoms with Crippen LogP contribution in [0.25, 0.3) is 69.9 Å². The van der Waals surface area contributed by atoms with E-state index in [2.05, 4.69) is 205 Å². The SMILES string of the molecule is CC1(C)c2ccccc2N(c2cccc(-n3c4ccccc4c4ccccc43)c2-c2cccc(-c3ccc4sc5ccccc5c4c3)c2)c2ccccc21. The average Bonchev–Trinajstić information content (AvgIpc) is 3.76. The minimum Gasteiger partial charge on any atom is -0.309 e. The molecule has 0 saturated heterocycles. The third-order valence-electron chi connectivity index (χ3n) is 11.6. The first-order chi connectivity index (χ1) is 26.6. The second-order valence-electron chi connectivity index (χ2n) is 14.9. The van der Waals surface area contributed by atoms with Crippen molar-refractivity contribution in [1.82, 2.24) is 4.57 Å².